The molecule has 0 aliphatic rings. The molecule has 0 bridgehead atoms. The highest BCUT2D eigenvalue weighted by Gasteiger charge is 2.18. The van der Waals surface area contributed by atoms with Crippen molar-refractivity contribution in [1.82, 2.24) is 19.5 Å². The first kappa shape index (κ1) is 28.1. The molecule has 0 radical (unpaired) electrons. The number of hydrogen-bond acceptors (Lipinski definition) is 3. The summed E-state index contributed by atoms with van der Waals surface area (Å²) in [5.41, 5.74) is 10.6. The lowest BCUT2D eigenvalue weighted by atomic mass is 9.98. The number of nitrogens with zero attached hydrogens (tertiary/aromatic N) is 4. The Labute approximate surface area is 325 Å². The number of hydrogen-bond donors (Lipinski definition) is 0. The fourth-order valence-electron chi connectivity index (χ4n) is 7.31. The van der Waals surface area contributed by atoms with Gasteiger partial charge in [0.2, 0.25) is 0 Å². The summed E-state index contributed by atoms with van der Waals surface area (Å²) in [4.78, 5) is 15.0. The maximum atomic E-state index is 9.24. The first-order valence-electron chi connectivity index (χ1n) is 20.2. The largest absolute Gasteiger partial charge is 0.309 e. The zero-order chi connectivity index (χ0) is 40.0. The van der Waals surface area contributed by atoms with Crippen LogP contribution in [0.1, 0.15) is 5.48 Å². The highest BCUT2D eigenvalue weighted by atomic mass is 15.0. The predicted octanol–water partition coefficient (Wildman–Crippen LogP) is 13.0. The average molecular weight is 707 g/mol. The van der Waals surface area contributed by atoms with Gasteiger partial charge in [0.05, 0.1) is 16.5 Å². The van der Waals surface area contributed by atoms with E-state index in [1.165, 1.54) is 0 Å². The van der Waals surface area contributed by atoms with Crippen molar-refractivity contribution < 1.29 is 5.48 Å². The molecule has 0 aliphatic carbocycles. The second-order valence-electron chi connectivity index (χ2n) is 13.4. The molecule has 4 heteroatoms. The molecule has 0 atom stereocenters. The zero-order valence-corrected chi connectivity index (χ0v) is 29.6. The van der Waals surface area contributed by atoms with Gasteiger partial charge < -0.3 is 4.57 Å². The fourth-order valence-corrected chi connectivity index (χ4v) is 7.31. The van der Waals surface area contributed by atoms with Crippen LogP contribution in [0.5, 0.6) is 0 Å². The standard InChI is InChI=1S/C51H34N4/c1-4-14-35(15-5-1)37-26-30-39(31-27-37)44-23-13-24-46-45-22-10-11-25-47(45)55(48(44)46)43-21-12-20-42(34-43)51-53-49(40-18-8-3-9-19-40)52-50(54-51)41-32-28-38(29-33-41)36-16-6-2-7-17-36/h1-34H/i10D,11D,22D,25D. The van der Waals surface area contributed by atoms with Crippen LogP contribution >= 0.6 is 0 Å². The molecule has 10 rings (SSSR count). The lowest BCUT2D eigenvalue weighted by Gasteiger charge is -2.14. The van der Waals surface area contributed by atoms with Crippen LogP contribution < -0.4 is 0 Å². The summed E-state index contributed by atoms with van der Waals surface area (Å²) >= 11 is 0. The number of aromatic nitrogens is 4. The summed E-state index contributed by atoms with van der Waals surface area (Å²) in [6.45, 7) is 0. The van der Waals surface area contributed by atoms with Crippen molar-refractivity contribution in [2.24, 2.45) is 0 Å². The van der Waals surface area contributed by atoms with Gasteiger partial charge in [0.1, 0.15) is 0 Å². The first-order valence-corrected chi connectivity index (χ1v) is 18.2. The summed E-state index contributed by atoms with van der Waals surface area (Å²) in [6.07, 6.45) is 0. The van der Waals surface area contributed by atoms with E-state index in [0.717, 1.165) is 61.0 Å². The van der Waals surface area contributed by atoms with Crippen LogP contribution in [0, 0.1) is 0 Å². The smallest absolute Gasteiger partial charge is 0.164 e. The Bertz CT molecular complexity index is 3170. The molecule has 8 aromatic carbocycles. The van der Waals surface area contributed by atoms with E-state index in [1.54, 1.807) is 0 Å². The molecule has 258 valence electrons. The van der Waals surface area contributed by atoms with Gasteiger partial charge in [0.25, 0.3) is 0 Å². The third-order valence-electron chi connectivity index (χ3n) is 10.0. The molecule has 2 heterocycles. The van der Waals surface area contributed by atoms with Gasteiger partial charge in [-0.3, -0.25) is 0 Å². The van der Waals surface area contributed by atoms with Gasteiger partial charge in [-0.1, -0.05) is 188 Å². The first-order chi connectivity index (χ1) is 28.9. The highest BCUT2D eigenvalue weighted by Crippen LogP contribution is 2.39. The molecule has 4 nitrogen and oxygen atoms in total. The molecule has 2 aromatic heterocycles. The van der Waals surface area contributed by atoms with Gasteiger partial charge in [0.15, 0.2) is 17.5 Å². The Morgan fingerprint density at radius 1 is 0.364 bits per heavy atom. The monoisotopic (exact) mass is 706 g/mol. The van der Waals surface area contributed by atoms with Gasteiger partial charge in [-0.2, -0.15) is 0 Å². The molecule has 0 saturated heterocycles. The van der Waals surface area contributed by atoms with Crippen LogP contribution in [0.3, 0.4) is 0 Å². The van der Waals surface area contributed by atoms with Gasteiger partial charge in [-0.25, -0.2) is 15.0 Å². The number of benzene rings is 8. The molecule has 0 N–H and O–H groups in total. The van der Waals surface area contributed by atoms with Crippen LogP contribution in [0.4, 0.5) is 0 Å². The summed E-state index contributed by atoms with van der Waals surface area (Å²) in [5, 5.41) is 1.20. The number of fused-ring (bicyclic) bond motifs is 3. The average Bonchev–Trinajstić information content (AvgIpc) is 3.67. The van der Waals surface area contributed by atoms with Crippen LogP contribution in [-0.2, 0) is 0 Å². The molecular weight excluding hydrogens is 669 g/mol. The van der Waals surface area contributed by atoms with E-state index in [2.05, 4.69) is 60.7 Å². The maximum Gasteiger partial charge on any atom is 0.164 e. The van der Waals surface area contributed by atoms with Crippen LogP contribution in [0.2, 0.25) is 0 Å². The van der Waals surface area contributed by atoms with E-state index in [0.29, 0.717) is 34.1 Å². The van der Waals surface area contributed by atoms with Crippen LogP contribution in [0.25, 0.3) is 95.0 Å². The molecule has 0 fully saturated rings. The SMILES string of the molecule is [2H]c1c([2H])c([2H])c2c(c1[2H])c1cccc(-c3ccc(-c4ccccc4)cc3)c1n2-c1cccc(-c2nc(-c3ccccc3)nc(-c3ccc(-c4ccccc4)cc3)n2)c1. The lowest BCUT2D eigenvalue weighted by Crippen LogP contribution is -2.01. The minimum absolute atomic E-state index is 0.0784. The summed E-state index contributed by atoms with van der Waals surface area (Å²) < 4.78 is 37.7. The Balaban J connectivity index is 1.17. The van der Waals surface area contributed by atoms with Gasteiger partial charge in [-0.05, 0) is 46.0 Å². The van der Waals surface area contributed by atoms with E-state index in [9.17, 15) is 1.37 Å². The van der Waals surface area contributed by atoms with E-state index in [1.807, 2.05) is 126 Å². The van der Waals surface area contributed by atoms with E-state index < -0.39 is 0 Å². The minimum Gasteiger partial charge on any atom is -0.309 e. The third-order valence-corrected chi connectivity index (χ3v) is 10.0. The molecule has 0 aliphatic heterocycles. The van der Waals surface area contributed by atoms with E-state index >= 15 is 0 Å². The topological polar surface area (TPSA) is 43.6 Å². The second kappa shape index (κ2) is 13.8. The maximum absolute atomic E-state index is 9.24. The van der Waals surface area contributed by atoms with Crippen molar-refractivity contribution in [2.45, 2.75) is 0 Å². The Morgan fingerprint density at radius 3 is 1.44 bits per heavy atom. The lowest BCUT2D eigenvalue weighted by molar-refractivity contribution is 1.07. The van der Waals surface area contributed by atoms with Crippen molar-refractivity contribution in [1.29, 1.82) is 0 Å². The Hall–Kier alpha value is -7.43. The molecule has 10 aromatic rings. The molecule has 0 saturated carbocycles. The van der Waals surface area contributed by atoms with Crippen molar-refractivity contribution in [3.63, 3.8) is 0 Å². The number of para-hydroxylation sites is 2. The van der Waals surface area contributed by atoms with E-state index in [4.69, 9.17) is 19.1 Å². The summed E-state index contributed by atoms with van der Waals surface area (Å²) in [7, 11) is 0. The summed E-state index contributed by atoms with van der Waals surface area (Å²) in [5.74, 6) is 1.55. The molecular formula is C51H34N4. The Kier molecular flexibility index (Phi) is 7.08. The van der Waals surface area contributed by atoms with Gasteiger partial charge >= 0.3 is 0 Å². The van der Waals surface area contributed by atoms with Crippen molar-refractivity contribution in [3.8, 4) is 73.2 Å². The van der Waals surface area contributed by atoms with Gasteiger partial charge in [-0.15, -0.1) is 0 Å². The molecule has 0 amide bonds. The van der Waals surface area contributed by atoms with Crippen LogP contribution in [-0.4, -0.2) is 19.5 Å². The normalized spacial score (nSPS) is 12.3. The summed E-state index contributed by atoms with van der Waals surface area (Å²) in [6, 6.07) is 60.0. The molecule has 55 heavy (non-hydrogen) atoms. The molecule has 0 spiro atoms. The quantitative estimate of drug-likeness (QED) is 0.166. The zero-order valence-electron chi connectivity index (χ0n) is 33.6. The van der Waals surface area contributed by atoms with Crippen molar-refractivity contribution >= 4 is 21.8 Å². The highest BCUT2D eigenvalue weighted by molar-refractivity contribution is 6.13. The van der Waals surface area contributed by atoms with Gasteiger partial charge in [0, 0.05) is 38.7 Å². The fraction of sp³-hybridized carbons (Fsp3) is 0. The number of rotatable bonds is 7. The molecule has 0 unspecified atom stereocenters. The van der Waals surface area contributed by atoms with Crippen molar-refractivity contribution in [2.75, 3.05) is 0 Å². The Morgan fingerprint density at radius 2 is 0.818 bits per heavy atom. The second-order valence-corrected chi connectivity index (χ2v) is 13.4. The minimum atomic E-state index is -0.288. The van der Waals surface area contributed by atoms with E-state index in [-0.39, 0.29) is 24.2 Å². The van der Waals surface area contributed by atoms with Crippen LogP contribution in [0.15, 0.2) is 206 Å². The third kappa shape index (κ3) is 6.06. The predicted molar refractivity (Wildman–Crippen MR) is 227 cm³/mol. The van der Waals surface area contributed by atoms with Crippen molar-refractivity contribution in [3.05, 3.63) is 206 Å².